The van der Waals surface area contributed by atoms with Crippen molar-refractivity contribution in [1.29, 1.82) is 5.26 Å². The number of nitrogens with zero attached hydrogens (tertiary/aromatic N) is 1. The van der Waals surface area contributed by atoms with Crippen molar-refractivity contribution in [3.63, 3.8) is 0 Å². The van der Waals surface area contributed by atoms with Gasteiger partial charge in [-0.25, -0.2) is 0 Å². The lowest BCUT2D eigenvalue weighted by atomic mass is 10.0. The highest BCUT2D eigenvalue weighted by atomic mass is 16.3. The van der Waals surface area contributed by atoms with Gasteiger partial charge in [0.25, 0.3) is 0 Å². The van der Waals surface area contributed by atoms with Gasteiger partial charge >= 0.3 is 0 Å². The second kappa shape index (κ2) is 5.11. The van der Waals surface area contributed by atoms with E-state index in [0.29, 0.717) is 12.1 Å². The van der Waals surface area contributed by atoms with Crippen molar-refractivity contribution >= 4 is 0 Å². The topological polar surface area (TPSA) is 56.0 Å². The fourth-order valence-electron chi connectivity index (χ4n) is 1.34. The van der Waals surface area contributed by atoms with Gasteiger partial charge in [-0.15, -0.1) is 0 Å². The van der Waals surface area contributed by atoms with E-state index in [2.05, 4.69) is 11.4 Å². The molecule has 0 radical (unpaired) electrons. The van der Waals surface area contributed by atoms with Crippen LogP contribution in [0.25, 0.3) is 0 Å². The van der Waals surface area contributed by atoms with Gasteiger partial charge < -0.3 is 10.4 Å². The van der Waals surface area contributed by atoms with Gasteiger partial charge in [-0.05, 0) is 38.5 Å². The van der Waals surface area contributed by atoms with Gasteiger partial charge in [0.2, 0.25) is 0 Å². The average molecular weight is 218 g/mol. The minimum atomic E-state index is -0.576. The molecular formula is C13H18N2O. The molecule has 1 atom stereocenters. The molecule has 0 aliphatic rings. The summed E-state index contributed by atoms with van der Waals surface area (Å²) in [6.45, 7) is 6.63. The summed E-state index contributed by atoms with van der Waals surface area (Å²) >= 11 is 0. The van der Waals surface area contributed by atoms with Crippen LogP contribution < -0.4 is 5.32 Å². The molecule has 3 nitrogen and oxygen atoms in total. The van der Waals surface area contributed by atoms with Crippen molar-refractivity contribution in [3.05, 3.63) is 35.4 Å². The normalized spacial score (nSPS) is 13.2. The molecule has 1 aromatic carbocycles. The molecule has 16 heavy (non-hydrogen) atoms. The van der Waals surface area contributed by atoms with Crippen LogP contribution in [0, 0.1) is 11.3 Å². The van der Waals surface area contributed by atoms with Crippen molar-refractivity contribution in [3.8, 4) is 6.07 Å². The van der Waals surface area contributed by atoms with Gasteiger partial charge in [0.15, 0.2) is 0 Å². The van der Waals surface area contributed by atoms with E-state index in [-0.39, 0.29) is 5.54 Å². The molecule has 1 unspecified atom stereocenters. The molecule has 1 aromatic rings. The molecule has 0 saturated heterocycles. The third-order valence-electron chi connectivity index (χ3n) is 2.23. The lowest BCUT2D eigenvalue weighted by Crippen LogP contribution is -2.38. The molecule has 0 aliphatic heterocycles. The molecule has 0 aliphatic carbocycles. The Balaban J connectivity index is 2.66. The van der Waals surface area contributed by atoms with Crippen molar-refractivity contribution < 1.29 is 5.11 Å². The third kappa shape index (κ3) is 4.01. The predicted octanol–water partition coefficient (Wildman–Crippen LogP) is 1.98. The van der Waals surface area contributed by atoms with Gasteiger partial charge in [-0.1, -0.05) is 12.1 Å². The standard InChI is InChI=1S/C13H18N2O/c1-13(2,3)15-9-12(16)11-6-4-5-10(7-11)8-14/h4-7,12,15-16H,9H2,1-3H3. The fraction of sp³-hybridized carbons (Fsp3) is 0.462. The van der Waals surface area contributed by atoms with Crippen LogP contribution in [-0.4, -0.2) is 17.2 Å². The molecule has 0 saturated carbocycles. The van der Waals surface area contributed by atoms with E-state index in [1.165, 1.54) is 0 Å². The molecule has 0 heterocycles. The summed E-state index contributed by atoms with van der Waals surface area (Å²) in [5.74, 6) is 0. The quantitative estimate of drug-likeness (QED) is 0.815. The summed E-state index contributed by atoms with van der Waals surface area (Å²) in [5.41, 5.74) is 1.33. The first kappa shape index (κ1) is 12.7. The zero-order valence-electron chi connectivity index (χ0n) is 9.99. The molecule has 0 aromatic heterocycles. The molecular weight excluding hydrogens is 200 g/mol. The molecule has 0 spiro atoms. The Hall–Kier alpha value is -1.37. The number of nitriles is 1. The number of β-amino-alcohol motifs (C(OH)–C–C–N with tert-alkyl or cyclic N) is 1. The second-order valence-electron chi connectivity index (χ2n) is 4.88. The fourth-order valence-corrected chi connectivity index (χ4v) is 1.34. The highest BCUT2D eigenvalue weighted by Crippen LogP contribution is 2.14. The maximum Gasteiger partial charge on any atom is 0.0991 e. The number of benzene rings is 1. The summed E-state index contributed by atoms with van der Waals surface area (Å²) in [6.07, 6.45) is -0.576. The molecule has 3 heteroatoms. The number of rotatable bonds is 3. The Kier molecular flexibility index (Phi) is 4.05. The smallest absolute Gasteiger partial charge is 0.0991 e. The molecule has 0 bridgehead atoms. The average Bonchev–Trinajstić information content (AvgIpc) is 2.25. The van der Waals surface area contributed by atoms with E-state index in [0.717, 1.165) is 5.56 Å². The number of nitrogens with one attached hydrogen (secondary N) is 1. The van der Waals surface area contributed by atoms with Crippen LogP contribution in [0.5, 0.6) is 0 Å². The van der Waals surface area contributed by atoms with Gasteiger partial charge in [0.1, 0.15) is 0 Å². The van der Waals surface area contributed by atoms with E-state index < -0.39 is 6.10 Å². The maximum absolute atomic E-state index is 9.93. The van der Waals surface area contributed by atoms with Crippen LogP contribution in [0.1, 0.15) is 38.0 Å². The molecule has 2 N–H and O–H groups in total. The minimum Gasteiger partial charge on any atom is -0.387 e. The Morgan fingerprint density at radius 3 is 2.69 bits per heavy atom. The van der Waals surface area contributed by atoms with Gasteiger partial charge in [0.05, 0.1) is 17.7 Å². The van der Waals surface area contributed by atoms with Crippen LogP contribution in [0.3, 0.4) is 0 Å². The van der Waals surface area contributed by atoms with Crippen molar-refractivity contribution in [2.24, 2.45) is 0 Å². The number of hydrogen-bond acceptors (Lipinski definition) is 3. The molecule has 0 fully saturated rings. The lowest BCUT2D eigenvalue weighted by Gasteiger charge is -2.23. The van der Waals surface area contributed by atoms with E-state index in [1.54, 1.807) is 18.2 Å². The van der Waals surface area contributed by atoms with Crippen LogP contribution >= 0.6 is 0 Å². The Bertz CT molecular complexity index is 388. The number of hydrogen-bond donors (Lipinski definition) is 2. The Labute approximate surface area is 96.7 Å². The Morgan fingerprint density at radius 2 is 2.12 bits per heavy atom. The first-order valence-corrected chi connectivity index (χ1v) is 5.35. The summed E-state index contributed by atoms with van der Waals surface area (Å²) in [7, 11) is 0. The van der Waals surface area contributed by atoms with Crippen molar-refractivity contribution in [1.82, 2.24) is 5.32 Å². The molecule has 0 amide bonds. The largest absolute Gasteiger partial charge is 0.387 e. The number of aliphatic hydroxyl groups excluding tert-OH is 1. The van der Waals surface area contributed by atoms with E-state index in [4.69, 9.17) is 5.26 Å². The molecule has 1 rings (SSSR count). The van der Waals surface area contributed by atoms with Crippen LogP contribution in [0.2, 0.25) is 0 Å². The minimum absolute atomic E-state index is 0.0200. The highest BCUT2D eigenvalue weighted by molar-refractivity contribution is 5.33. The van der Waals surface area contributed by atoms with Crippen molar-refractivity contribution in [2.75, 3.05) is 6.54 Å². The van der Waals surface area contributed by atoms with Crippen LogP contribution in [0.4, 0.5) is 0 Å². The van der Waals surface area contributed by atoms with Crippen LogP contribution in [0.15, 0.2) is 24.3 Å². The summed E-state index contributed by atoms with van der Waals surface area (Å²) in [5, 5.41) is 21.9. The predicted molar refractivity (Wildman–Crippen MR) is 63.9 cm³/mol. The molecule has 86 valence electrons. The first-order chi connectivity index (χ1) is 7.42. The maximum atomic E-state index is 9.93. The third-order valence-corrected chi connectivity index (χ3v) is 2.23. The van der Waals surface area contributed by atoms with E-state index in [9.17, 15) is 5.11 Å². The summed E-state index contributed by atoms with van der Waals surface area (Å²) in [4.78, 5) is 0. The lowest BCUT2D eigenvalue weighted by molar-refractivity contribution is 0.163. The van der Waals surface area contributed by atoms with Crippen LogP contribution in [-0.2, 0) is 0 Å². The van der Waals surface area contributed by atoms with Crippen molar-refractivity contribution in [2.45, 2.75) is 32.4 Å². The van der Waals surface area contributed by atoms with Gasteiger partial charge in [-0.3, -0.25) is 0 Å². The summed E-state index contributed by atoms with van der Waals surface area (Å²) < 4.78 is 0. The van der Waals surface area contributed by atoms with Gasteiger partial charge in [0, 0.05) is 12.1 Å². The SMILES string of the molecule is CC(C)(C)NCC(O)c1cccc(C#N)c1. The zero-order chi connectivity index (χ0) is 12.2. The second-order valence-corrected chi connectivity index (χ2v) is 4.88. The number of aliphatic hydroxyl groups is 1. The first-order valence-electron chi connectivity index (χ1n) is 5.35. The highest BCUT2D eigenvalue weighted by Gasteiger charge is 2.13. The summed E-state index contributed by atoms with van der Waals surface area (Å²) in [6, 6.07) is 9.13. The zero-order valence-corrected chi connectivity index (χ0v) is 9.99. The van der Waals surface area contributed by atoms with Gasteiger partial charge in [-0.2, -0.15) is 5.26 Å². The Morgan fingerprint density at radius 1 is 1.44 bits per heavy atom. The van der Waals surface area contributed by atoms with E-state index >= 15 is 0 Å². The van der Waals surface area contributed by atoms with E-state index in [1.807, 2.05) is 26.8 Å². The monoisotopic (exact) mass is 218 g/mol.